The van der Waals surface area contributed by atoms with Gasteiger partial charge in [-0.15, -0.1) is 0 Å². The van der Waals surface area contributed by atoms with E-state index in [0.29, 0.717) is 23.1 Å². The van der Waals surface area contributed by atoms with Crippen molar-refractivity contribution in [2.24, 2.45) is 0 Å². The fourth-order valence-corrected chi connectivity index (χ4v) is 2.70. The van der Waals surface area contributed by atoms with Crippen LogP contribution >= 0.6 is 11.6 Å². The van der Waals surface area contributed by atoms with Crippen molar-refractivity contribution in [3.05, 3.63) is 82.1 Å². The highest BCUT2D eigenvalue weighted by molar-refractivity contribution is 6.30. The minimum Gasteiger partial charge on any atom is -0.348 e. The van der Waals surface area contributed by atoms with Gasteiger partial charge in [0.05, 0.1) is 5.56 Å². The molecule has 0 aliphatic carbocycles. The minimum absolute atomic E-state index is 0.224. The fraction of sp³-hybridized carbons (Fsp3) is 0.150. The summed E-state index contributed by atoms with van der Waals surface area (Å²) in [6, 6.07) is 13.5. The first-order valence-electron chi connectivity index (χ1n) is 8.19. The van der Waals surface area contributed by atoms with E-state index in [1.54, 1.807) is 12.1 Å². The van der Waals surface area contributed by atoms with Crippen LogP contribution in [0.2, 0.25) is 5.02 Å². The quantitative estimate of drug-likeness (QED) is 0.701. The molecule has 0 saturated heterocycles. The van der Waals surface area contributed by atoms with Crippen LogP contribution in [0.4, 0.5) is 11.6 Å². The van der Waals surface area contributed by atoms with E-state index in [4.69, 9.17) is 11.6 Å². The lowest BCUT2D eigenvalue weighted by Gasteiger charge is -2.08. The lowest BCUT2D eigenvalue weighted by Crippen LogP contribution is -2.23. The maximum atomic E-state index is 12.2. The summed E-state index contributed by atoms with van der Waals surface area (Å²) >= 11 is 5.85. The molecule has 0 atom stereocenters. The molecule has 0 saturated carbocycles. The number of nitrogens with zero attached hydrogens (tertiary/aromatic N) is 2. The Balaban J connectivity index is 1.61. The van der Waals surface area contributed by atoms with Crippen LogP contribution in [0.15, 0.2) is 54.9 Å². The zero-order valence-corrected chi connectivity index (χ0v) is 15.3. The normalized spacial score (nSPS) is 10.4. The number of rotatable bonds is 5. The van der Waals surface area contributed by atoms with Crippen molar-refractivity contribution >= 4 is 29.1 Å². The van der Waals surface area contributed by atoms with Crippen molar-refractivity contribution in [3.8, 4) is 0 Å². The Bertz CT molecular complexity index is 888. The molecule has 0 unspecified atom stereocenters. The third-order valence-corrected chi connectivity index (χ3v) is 4.01. The second-order valence-electron chi connectivity index (χ2n) is 6.11. The van der Waals surface area contributed by atoms with Gasteiger partial charge in [0.1, 0.15) is 0 Å². The van der Waals surface area contributed by atoms with E-state index >= 15 is 0 Å². The molecular weight excluding hydrogens is 348 g/mol. The Hall–Kier alpha value is -2.92. The zero-order chi connectivity index (χ0) is 18.5. The number of halogens is 1. The summed E-state index contributed by atoms with van der Waals surface area (Å²) in [5.74, 6) is 0.224. The van der Waals surface area contributed by atoms with E-state index < -0.39 is 0 Å². The van der Waals surface area contributed by atoms with Crippen LogP contribution in [0.1, 0.15) is 27.0 Å². The predicted octanol–water partition coefficient (Wildman–Crippen LogP) is 4.42. The second kappa shape index (κ2) is 7.97. The van der Waals surface area contributed by atoms with Gasteiger partial charge in [-0.1, -0.05) is 29.8 Å². The van der Waals surface area contributed by atoms with Crippen LogP contribution in [0.5, 0.6) is 0 Å². The smallest absolute Gasteiger partial charge is 0.254 e. The molecule has 5 nitrogen and oxygen atoms in total. The molecule has 26 heavy (non-hydrogen) atoms. The number of carbonyl (C=O) groups is 1. The van der Waals surface area contributed by atoms with Gasteiger partial charge in [0.2, 0.25) is 5.95 Å². The molecule has 0 bridgehead atoms. The van der Waals surface area contributed by atoms with Crippen molar-refractivity contribution < 1.29 is 4.79 Å². The Morgan fingerprint density at radius 3 is 2.23 bits per heavy atom. The molecule has 3 rings (SSSR count). The summed E-state index contributed by atoms with van der Waals surface area (Å²) in [4.78, 5) is 20.6. The molecule has 132 valence electrons. The Kier molecular flexibility index (Phi) is 5.49. The molecule has 0 radical (unpaired) electrons. The monoisotopic (exact) mass is 366 g/mol. The van der Waals surface area contributed by atoms with Crippen LogP contribution in [0.3, 0.4) is 0 Å². The fourth-order valence-electron chi connectivity index (χ4n) is 2.57. The third-order valence-electron chi connectivity index (χ3n) is 3.76. The molecule has 0 fully saturated rings. The summed E-state index contributed by atoms with van der Waals surface area (Å²) in [7, 11) is 0. The van der Waals surface area contributed by atoms with Crippen LogP contribution in [-0.2, 0) is 6.54 Å². The Labute approximate surface area is 157 Å². The van der Waals surface area contributed by atoms with Crippen molar-refractivity contribution in [2.45, 2.75) is 20.4 Å². The van der Waals surface area contributed by atoms with Crippen LogP contribution in [-0.4, -0.2) is 15.9 Å². The van der Waals surface area contributed by atoms with Crippen molar-refractivity contribution in [1.29, 1.82) is 0 Å². The van der Waals surface area contributed by atoms with Gasteiger partial charge in [-0.3, -0.25) is 4.79 Å². The molecule has 1 amide bonds. The number of benzene rings is 2. The lowest BCUT2D eigenvalue weighted by atomic mass is 10.1. The van der Waals surface area contributed by atoms with Crippen molar-refractivity contribution in [2.75, 3.05) is 5.32 Å². The molecule has 0 spiro atoms. The van der Waals surface area contributed by atoms with Gasteiger partial charge in [0, 0.05) is 29.6 Å². The highest BCUT2D eigenvalue weighted by Gasteiger charge is 2.07. The summed E-state index contributed by atoms with van der Waals surface area (Å²) in [5.41, 5.74) is 4.61. The van der Waals surface area contributed by atoms with E-state index in [9.17, 15) is 4.79 Å². The Morgan fingerprint density at radius 2 is 1.62 bits per heavy atom. The van der Waals surface area contributed by atoms with Crippen LogP contribution in [0, 0.1) is 13.8 Å². The Morgan fingerprint density at radius 1 is 1.00 bits per heavy atom. The average Bonchev–Trinajstić information content (AvgIpc) is 2.61. The van der Waals surface area contributed by atoms with E-state index in [0.717, 1.165) is 22.4 Å². The molecule has 0 aliphatic rings. The van der Waals surface area contributed by atoms with E-state index in [1.165, 1.54) is 12.4 Å². The molecule has 0 aliphatic heterocycles. The van der Waals surface area contributed by atoms with Gasteiger partial charge in [-0.05, 0) is 54.8 Å². The zero-order valence-electron chi connectivity index (χ0n) is 14.6. The maximum Gasteiger partial charge on any atom is 0.254 e. The molecule has 2 N–H and O–H groups in total. The average molecular weight is 367 g/mol. The number of hydrogen-bond donors (Lipinski definition) is 2. The number of nitrogens with one attached hydrogen (secondary N) is 2. The standard InChI is InChI=1S/C20H19ClN4O/c1-13-7-14(2)9-18(8-13)25-20-23-11-16(12-24-20)19(26)22-10-15-3-5-17(21)6-4-15/h3-9,11-12H,10H2,1-2H3,(H,22,26)(H,23,24,25). The largest absolute Gasteiger partial charge is 0.348 e. The summed E-state index contributed by atoms with van der Waals surface area (Å²) < 4.78 is 0. The number of hydrogen-bond acceptors (Lipinski definition) is 4. The van der Waals surface area contributed by atoms with Gasteiger partial charge in [-0.25, -0.2) is 9.97 Å². The maximum absolute atomic E-state index is 12.2. The van der Waals surface area contributed by atoms with Gasteiger partial charge < -0.3 is 10.6 Å². The lowest BCUT2D eigenvalue weighted by molar-refractivity contribution is 0.0950. The van der Waals surface area contributed by atoms with Gasteiger partial charge in [-0.2, -0.15) is 0 Å². The molecular formula is C20H19ClN4O. The first-order valence-corrected chi connectivity index (χ1v) is 8.57. The summed E-state index contributed by atoms with van der Waals surface area (Å²) in [5, 5.41) is 6.65. The second-order valence-corrected chi connectivity index (χ2v) is 6.54. The number of aromatic nitrogens is 2. The van der Waals surface area contributed by atoms with E-state index in [-0.39, 0.29) is 5.91 Å². The van der Waals surface area contributed by atoms with Crippen LogP contribution < -0.4 is 10.6 Å². The van der Waals surface area contributed by atoms with Gasteiger partial charge in [0.15, 0.2) is 0 Å². The first kappa shape index (κ1) is 17.9. The highest BCUT2D eigenvalue weighted by Crippen LogP contribution is 2.17. The number of carbonyl (C=O) groups excluding carboxylic acids is 1. The summed E-state index contributed by atoms with van der Waals surface area (Å²) in [6.07, 6.45) is 3.02. The summed E-state index contributed by atoms with van der Waals surface area (Å²) in [6.45, 7) is 4.49. The highest BCUT2D eigenvalue weighted by atomic mass is 35.5. The molecule has 3 aromatic rings. The third kappa shape index (κ3) is 4.80. The number of amides is 1. The predicted molar refractivity (Wildman–Crippen MR) is 104 cm³/mol. The number of anilines is 2. The molecule has 6 heteroatoms. The van der Waals surface area contributed by atoms with E-state index in [2.05, 4.69) is 26.7 Å². The molecule has 1 aromatic heterocycles. The van der Waals surface area contributed by atoms with Crippen LogP contribution in [0.25, 0.3) is 0 Å². The van der Waals surface area contributed by atoms with Gasteiger partial charge >= 0.3 is 0 Å². The topological polar surface area (TPSA) is 66.9 Å². The first-order chi connectivity index (χ1) is 12.5. The molecule has 1 heterocycles. The van der Waals surface area contributed by atoms with E-state index in [1.807, 2.05) is 38.1 Å². The van der Waals surface area contributed by atoms with Crippen molar-refractivity contribution in [3.63, 3.8) is 0 Å². The van der Waals surface area contributed by atoms with Crippen molar-refractivity contribution in [1.82, 2.24) is 15.3 Å². The molecule has 2 aromatic carbocycles. The number of aryl methyl sites for hydroxylation is 2. The van der Waals surface area contributed by atoms with Gasteiger partial charge in [0.25, 0.3) is 5.91 Å². The minimum atomic E-state index is -0.224. The SMILES string of the molecule is Cc1cc(C)cc(Nc2ncc(C(=O)NCc3ccc(Cl)cc3)cn2)c1.